The number of likely N-dealkylation sites (tertiary alicyclic amines) is 1. The average Bonchev–Trinajstić information content (AvgIpc) is 3.50. The summed E-state index contributed by atoms with van der Waals surface area (Å²) in [4.78, 5) is 36.0. The molecule has 7 rings (SSSR count). The summed E-state index contributed by atoms with van der Waals surface area (Å²) in [6.07, 6.45) is 4.62. The zero-order chi connectivity index (χ0) is 35.4. The van der Waals surface area contributed by atoms with Crippen molar-refractivity contribution in [2.24, 2.45) is 11.1 Å². The Labute approximate surface area is 300 Å². The fraction of sp³-hybridized carbons (Fsp3) is 0.310. The van der Waals surface area contributed by atoms with Gasteiger partial charge in [0.05, 0.1) is 12.5 Å². The van der Waals surface area contributed by atoms with Gasteiger partial charge in [-0.1, -0.05) is 54.6 Å². The third kappa shape index (κ3) is 6.99. The first kappa shape index (κ1) is 34.1. The molecule has 0 bridgehead atoms. The van der Waals surface area contributed by atoms with Gasteiger partial charge in [-0.2, -0.15) is 0 Å². The molecule has 9 nitrogen and oxygen atoms in total. The number of carbonyl (C=O) groups is 2. The fourth-order valence-corrected chi connectivity index (χ4v) is 7.82. The minimum Gasteiger partial charge on any atom is -0.496 e. The van der Waals surface area contributed by atoms with E-state index >= 15 is 0 Å². The lowest BCUT2D eigenvalue weighted by Crippen LogP contribution is -2.46. The molecule has 51 heavy (non-hydrogen) atoms. The number of nitrogens with zero attached hydrogens (tertiary/aromatic N) is 4. The first-order valence-corrected chi connectivity index (χ1v) is 17.8. The molecular formula is C42H46N6O3. The Morgan fingerprint density at radius 1 is 0.804 bits per heavy atom. The Bertz CT molecular complexity index is 1890. The van der Waals surface area contributed by atoms with Crippen molar-refractivity contribution in [2.45, 2.75) is 25.8 Å². The lowest BCUT2D eigenvalue weighted by Gasteiger charge is -2.38. The van der Waals surface area contributed by atoms with Gasteiger partial charge < -0.3 is 30.6 Å². The molecule has 0 atom stereocenters. The summed E-state index contributed by atoms with van der Waals surface area (Å²) in [5.41, 5.74) is 12.9. The van der Waals surface area contributed by atoms with Gasteiger partial charge >= 0.3 is 0 Å². The topological polar surface area (TPSA) is 106 Å². The van der Waals surface area contributed by atoms with Crippen LogP contribution in [0.2, 0.25) is 0 Å². The highest BCUT2D eigenvalue weighted by Crippen LogP contribution is 2.44. The van der Waals surface area contributed by atoms with Crippen molar-refractivity contribution >= 4 is 35.0 Å². The molecule has 0 unspecified atom stereocenters. The number of anilines is 2. The lowest BCUT2D eigenvalue weighted by molar-refractivity contribution is -0.127. The molecule has 0 radical (unpaired) electrons. The molecule has 3 saturated heterocycles. The van der Waals surface area contributed by atoms with E-state index in [0.29, 0.717) is 54.9 Å². The summed E-state index contributed by atoms with van der Waals surface area (Å²) >= 11 is 0. The van der Waals surface area contributed by atoms with Crippen LogP contribution in [0.4, 0.5) is 11.4 Å². The van der Waals surface area contributed by atoms with Crippen LogP contribution in [0.5, 0.6) is 5.75 Å². The molecule has 3 aliphatic rings. The number of allylic oxidation sites excluding steroid dienone is 1. The summed E-state index contributed by atoms with van der Waals surface area (Å²) in [6.45, 7) is 6.55. The van der Waals surface area contributed by atoms with Crippen LogP contribution in [-0.2, 0) is 11.3 Å². The maximum absolute atomic E-state index is 13.8. The van der Waals surface area contributed by atoms with E-state index in [0.717, 1.165) is 50.5 Å². The van der Waals surface area contributed by atoms with E-state index in [9.17, 15) is 9.59 Å². The van der Waals surface area contributed by atoms with Gasteiger partial charge in [0.15, 0.2) is 0 Å². The maximum Gasteiger partial charge on any atom is 0.253 e. The van der Waals surface area contributed by atoms with E-state index < -0.39 is 5.41 Å². The standard InChI is InChI=1S/C42H46N6O3/c1-51-39-27-37(15-16-38(39)35(28-43)29-44)48-22-19-42(41(48)50)17-20-47(21-18-42)40(49)34-11-13-36(14-12-34)46-25-23-45(24-26-46)30-31-7-9-33(10-8-31)32-5-3-2-4-6-32/h2-16,27-29,43H,17-26,30,44H2,1H3/b35-29+,43-28?. The van der Waals surface area contributed by atoms with Gasteiger partial charge in [0.25, 0.3) is 5.91 Å². The predicted octanol–water partition coefficient (Wildman–Crippen LogP) is 6.29. The predicted molar refractivity (Wildman–Crippen MR) is 204 cm³/mol. The lowest BCUT2D eigenvalue weighted by atomic mass is 9.77. The third-order valence-electron chi connectivity index (χ3n) is 11.0. The van der Waals surface area contributed by atoms with Crippen molar-refractivity contribution in [1.82, 2.24) is 9.80 Å². The molecule has 2 amide bonds. The number of ether oxygens (including phenoxy) is 1. The number of benzene rings is 4. The molecule has 1 spiro atoms. The second-order valence-electron chi connectivity index (χ2n) is 13.8. The summed E-state index contributed by atoms with van der Waals surface area (Å²) in [6, 6.07) is 33.0. The Balaban J connectivity index is 0.902. The number of rotatable bonds is 9. The summed E-state index contributed by atoms with van der Waals surface area (Å²) in [5, 5.41) is 7.64. The minimum absolute atomic E-state index is 0.0251. The Hall–Kier alpha value is -5.41. The average molecular weight is 683 g/mol. The van der Waals surface area contributed by atoms with Gasteiger partial charge in [-0.05, 0) is 72.4 Å². The van der Waals surface area contributed by atoms with Gasteiger partial charge in [-0.3, -0.25) is 14.5 Å². The van der Waals surface area contributed by atoms with Crippen molar-refractivity contribution in [3.8, 4) is 16.9 Å². The van der Waals surface area contributed by atoms with Gasteiger partial charge in [0.2, 0.25) is 5.91 Å². The second-order valence-corrected chi connectivity index (χ2v) is 13.8. The monoisotopic (exact) mass is 682 g/mol. The number of nitrogens with two attached hydrogens (primary N) is 1. The number of amides is 2. The van der Waals surface area contributed by atoms with Crippen LogP contribution >= 0.6 is 0 Å². The normalized spacial score (nSPS) is 17.9. The van der Waals surface area contributed by atoms with Crippen molar-refractivity contribution in [1.29, 1.82) is 5.41 Å². The maximum atomic E-state index is 13.8. The molecule has 0 aromatic heterocycles. The van der Waals surface area contributed by atoms with Gasteiger partial charge in [0, 0.05) is 98.9 Å². The molecule has 3 fully saturated rings. The molecule has 3 aliphatic heterocycles. The molecular weight excluding hydrogens is 637 g/mol. The summed E-state index contributed by atoms with van der Waals surface area (Å²) in [5.74, 6) is 0.699. The zero-order valence-corrected chi connectivity index (χ0v) is 29.3. The number of nitrogens with one attached hydrogen (secondary N) is 1. The zero-order valence-electron chi connectivity index (χ0n) is 29.3. The number of piperazine rings is 1. The number of piperidine rings is 1. The van der Waals surface area contributed by atoms with Crippen LogP contribution in [0.3, 0.4) is 0 Å². The van der Waals surface area contributed by atoms with Crippen LogP contribution in [0.25, 0.3) is 16.7 Å². The molecule has 4 aromatic carbocycles. The molecule has 0 aliphatic carbocycles. The fourth-order valence-electron chi connectivity index (χ4n) is 7.82. The molecule has 9 heteroatoms. The SMILES string of the molecule is COc1cc(N2CCC3(CCN(C(=O)c4ccc(N5CCN(Cc6ccc(-c7ccccc7)cc6)CC5)cc4)CC3)C2=O)ccc1/C(C=N)=C/N. The van der Waals surface area contributed by atoms with Crippen LogP contribution in [0, 0.1) is 10.8 Å². The van der Waals surface area contributed by atoms with Crippen molar-refractivity contribution < 1.29 is 14.3 Å². The molecule has 262 valence electrons. The largest absolute Gasteiger partial charge is 0.496 e. The van der Waals surface area contributed by atoms with E-state index in [2.05, 4.69) is 70.5 Å². The van der Waals surface area contributed by atoms with E-state index in [1.807, 2.05) is 46.2 Å². The molecule has 4 aromatic rings. The van der Waals surface area contributed by atoms with Gasteiger partial charge in [0.1, 0.15) is 5.75 Å². The minimum atomic E-state index is -0.461. The van der Waals surface area contributed by atoms with Gasteiger partial charge in [-0.25, -0.2) is 0 Å². The highest BCUT2D eigenvalue weighted by Gasteiger charge is 2.49. The van der Waals surface area contributed by atoms with E-state index in [1.165, 1.54) is 29.1 Å². The van der Waals surface area contributed by atoms with Crippen LogP contribution in [0.15, 0.2) is 103 Å². The number of hydrogen-bond acceptors (Lipinski definition) is 7. The van der Waals surface area contributed by atoms with Crippen molar-refractivity contribution in [3.63, 3.8) is 0 Å². The summed E-state index contributed by atoms with van der Waals surface area (Å²) < 4.78 is 5.58. The number of carbonyl (C=O) groups excluding carboxylic acids is 2. The van der Waals surface area contributed by atoms with Crippen molar-refractivity contribution in [2.75, 3.05) is 62.7 Å². The first-order valence-electron chi connectivity index (χ1n) is 17.8. The van der Waals surface area contributed by atoms with Crippen molar-refractivity contribution in [3.05, 3.63) is 120 Å². The van der Waals surface area contributed by atoms with Crippen LogP contribution in [-0.4, -0.2) is 80.8 Å². The van der Waals surface area contributed by atoms with Gasteiger partial charge in [-0.15, -0.1) is 0 Å². The van der Waals surface area contributed by atoms with Crippen LogP contribution in [0.1, 0.15) is 40.7 Å². The molecule has 0 saturated carbocycles. The molecule has 3 heterocycles. The van der Waals surface area contributed by atoms with Crippen LogP contribution < -0.4 is 20.3 Å². The quantitative estimate of drug-likeness (QED) is 0.201. The third-order valence-corrected chi connectivity index (χ3v) is 11.0. The first-order chi connectivity index (χ1) is 24.9. The highest BCUT2D eigenvalue weighted by atomic mass is 16.5. The van der Waals surface area contributed by atoms with E-state index in [1.54, 1.807) is 7.11 Å². The van der Waals surface area contributed by atoms with E-state index in [4.69, 9.17) is 15.9 Å². The summed E-state index contributed by atoms with van der Waals surface area (Å²) in [7, 11) is 1.57. The molecule has 3 N–H and O–H groups in total. The number of methoxy groups -OCH3 is 1. The van der Waals surface area contributed by atoms with E-state index in [-0.39, 0.29) is 11.8 Å². The Kier molecular flexibility index (Phi) is 9.90. The highest BCUT2D eigenvalue weighted by molar-refractivity contribution is 6.09. The second kappa shape index (κ2) is 14.8. The Morgan fingerprint density at radius 2 is 1.45 bits per heavy atom. The smallest absolute Gasteiger partial charge is 0.253 e. The Morgan fingerprint density at radius 3 is 2.10 bits per heavy atom. The number of hydrogen-bond donors (Lipinski definition) is 2.